The van der Waals surface area contributed by atoms with E-state index in [0.717, 1.165) is 5.56 Å². The molecular formula is C29H22N4O3. The van der Waals surface area contributed by atoms with Crippen LogP contribution in [0.4, 0.5) is 5.69 Å². The summed E-state index contributed by atoms with van der Waals surface area (Å²) in [6, 6.07) is 22.3. The quantitative estimate of drug-likeness (QED) is 0.283. The molecule has 2 aromatic carbocycles. The minimum Gasteiger partial charge on any atom is -0.321 e. The Balaban J connectivity index is 1.48. The third-order valence-electron chi connectivity index (χ3n) is 5.06. The summed E-state index contributed by atoms with van der Waals surface area (Å²) in [6.07, 6.45) is 11.2. The molecular weight excluding hydrogens is 452 g/mol. The molecule has 0 aliphatic carbocycles. The maximum absolute atomic E-state index is 13.1. The van der Waals surface area contributed by atoms with Crippen molar-refractivity contribution in [3.63, 3.8) is 0 Å². The van der Waals surface area contributed by atoms with Crippen molar-refractivity contribution in [2.75, 3.05) is 5.32 Å². The number of nitrogens with one attached hydrogen (secondary N) is 2. The molecule has 0 saturated carbocycles. The van der Waals surface area contributed by atoms with E-state index in [1.54, 1.807) is 110 Å². The first-order valence-corrected chi connectivity index (χ1v) is 11.1. The Morgan fingerprint density at radius 3 is 2.00 bits per heavy atom. The Bertz CT molecular complexity index is 1400. The van der Waals surface area contributed by atoms with Crippen molar-refractivity contribution < 1.29 is 14.4 Å². The van der Waals surface area contributed by atoms with Crippen LogP contribution in [0.1, 0.15) is 31.8 Å². The molecule has 7 heteroatoms. The summed E-state index contributed by atoms with van der Waals surface area (Å²) < 4.78 is 0. The third kappa shape index (κ3) is 6.68. The maximum Gasteiger partial charge on any atom is 0.272 e. The Hall–Kier alpha value is -5.17. The molecule has 0 aliphatic heterocycles. The van der Waals surface area contributed by atoms with E-state index in [9.17, 15) is 14.4 Å². The highest BCUT2D eigenvalue weighted by molar-refractivity contribution is 6.11. The molecule has 0 unspecified atom stereocenters. The van der Waals surface area contributed by atoms with Gasteiger partial charge in [0.25, 0.3) is 11.8 Å². The zero-order valence-electron chi connectivity index (χ0n) is 19.2. The highest BCUT2D eigenvalue weighted by atomic mass is 16.2. The number of ketones is 1. The molecule has 176 valence electrons. The number of hydrogen-bond acceptors (Lipinski definition) is 5. The smallest absolute Gasteiger partial charge is 0.272 e. The molecule has 2 N–H and O–H groups in total. The average Bonchev–Trinajstić information content (AvgIpc) is 2.93. The van der Waals surface area contributed by atoms with Crippen LogP contribution in [0.3, 0.4) is 0 Å². The van der Waals surface area contributed by atoms with Gasteiger partial charge in [0.05, 0.1) is 0 Å². The number of rotatable bonds is 8. The first-order chi connectivity index (χ1) is 17.6. The van der Waals surface area contributed by atoms with Crippen molar-refractivity contribution in [3.8, 4) is 0 Å². The number of nitrogens with zero attached hydrogens (tertiary/aromatic N) is 2. The Kier molecular flexibility index (Phi) is 7.86. The van der Waals surface area contributed by atoms with Crippen LogP contribution >= 0.6 is 0 Å². The zero-order chi connectivity index (χ0) is 25.2. The molecule has 2 heterocycles. The van der Waals surface area contributed by atoms with Gasteiger partial charge < -0.3 is 10.6 Å². The number of hydrogen-bond donors (Lipinski definition) is 2. The lowest BCUT2D eigenvalue weighted by atomic mass is 10.1. The largest absolute Gasteiger partial charge is 0.321 e. The topological polar surface area (TPSA) is 101 Å². The molecule has 0 bridgehead atoms. The lowest BCUT2D eigenvalue weighted by molar-refractivity contribution is -0.113. The van der Waals surface area contributed by atoms with Crippen molar-refractivity contribution in [2.45, 2.75) is 0 Å². The number of anilines is 1. The summed E-state index contributed by atoms with van der Waals surface area (Å²) in [4.78, 5) is 46.3. The fraction of sp³-hybridized carbons (Fsp3) is 0. The maximum atomic E-state index is 13.1. The molecule has 0 saturated heterocycles. The SMILES string of the molecule is O=C(Nc1ccc(C(=O)/C=C/c2cccnc2)cc1)/C(=C/c1cccnc1)NC(=O)c1ccccc1. The molecule has 0 spiro atoms. The number of carbonyl (C=O) groups excluding carboxylic acids is 3. The molecule has 0 aliphatic rings. The van der Waals surface area contributed by atoms with Crippen LogP contribution in [-0.2, 0) is 4.79 Å². The number of amides is 2. The molecule has 4 rings (SSSR count). The van der Waals surface area contributed by atoms with Gasteiger partial charge in [-0.2, -0.15) is 0 Å². The summed E-state index contributed by atoms with van der Waals surface area (Å²) in [5, 5.41) is 5.44. The standard InChI is InChI=1S/C29H22N4O3/c34-27(15-10-21-6-4-16-30-19-21)23-11-13-25(14-12-23)32-29(36)26(18-22-7-5-17-31-20-22)33-28(35)24-8-2-1-3-9-24/h1-20H,(H,32,36)(H,33,35)/b15-10+,26-18-. The highest BCUT2D eigenvalue weighted by Crippen LogP contribution is 2.14. The van der Waals surface area contributed by atoms with Gasteiger partial charge in [-0.25, -0.2) is 0 Å². The number of benzene rings is 2. The predicted molar refractivity (Wildman–Crippen MR) is 139 cm³/mol. The average molecular weight is 475 g/mol. The van der Waals surface area contributed by atoms with Crippen molar-refractivity contribution >= 4 is 35.4 Å². The second-order valence-electron chi connectivity index (χ2n) is 7.68. The first-order valence-electron chi connectivity index (χ1n) is 11.1. The van der Waals surface area contributed by atoms with Crippen molar-refractivity contribution in [1.29, 1.82) is 0 Å². The van der Waals surface area contributed by atoms with Gasteiger partial charge in [0.15, 0.2) is 5.78 Å². The van der Waals surface area contributed by atoms with Crippen LogP contribution < -0.4 is 10.6 Å². The molecule has 2 aromatic heterocycles. The van der Waals surface area contributed by atoms with Gasteiger partial charge >= 0.3 is 0 Å². The van der Waals surface area contributed by atoms with Gasteiger partial charge in [0.2, 0.25) is 0 Å². The van der Waals surface area contributed by atoms with Crippen LogP contribution in [-0.4, -0.2) is 27.6 Å². The lowest BCUT2D eigenvalue weighted by Gasteiger charge is -2.11. The van der Waals surface area contributed by atoms with Crippen LogP contribution in [0, 0.1) is 0 Å². The molecule has 36 heavy (non-hydrogen) atoms. The van der Waals surface area contributed by atoms with E-state index >= 15 is 0 Å². The van der Waals surface area contributed by atoms with Crippen LogP contribution in [0.5, 0.6) is 0 Å². The summed E-state index contributed by atoms with van der Waals surface area (Å²) >= 11 is 0. The summed E-state index contributed by atoms with van der Waals surface area (Å²) in [7, 11) is 0. The van der Waals surface area contributed by atoms with Gasteiger partial charge in [-0.05, 0) is 77.9 Å². The van der Waals surface area contributed by atoms with E-state index in [2.05, 4.69) is 20.6 Å². The molecule has 0 radical (unpaired) electrons. The van der Waals surface area contributed by atoms with Crippen molar-refractivity contribution in [3.05, 3.63) is 138 Å². The van der Waals surface area contributed by atoms with Crippen LogP contribution in [0.25, 0.3) is 12.2 Å². The van der Waals surface area contributed by atoms with Gasteiger partial charge in [-0.3, -0.25) is 24.4 Å². The van der Waals surface area contributed by atoms with Crippen LogP contribution in [0.15, 0.2) is 115 Å². The van der Waals surface area contributed by atoms with E-state index in [1.807, 2.05) is 6.07 Å². The minimum atomic E-state index is -0.515. The van der Waals surface area contributed by atoms with Gasteiger partial charge in [0.1, 0.15) is 5.70 Å². The lowest BCUT2D eigenvalue weighted by Crippen LogP contribution is -2.30. The Morgan fingerprint density at radius 1 is 0.694 bits per heavy atom. The van der Waals surface area contributed by atoms with E-state index in [4.69, 9.17) is 0 Å². The van der Waals surface area contributed by atoms with Crippen molar-refractivity contribution in [2.24, 2.45) is 0 Å². The Labute approximate surface area is 208 Å². The van der Waals surface area contributed by atoms with Crippen molar-refractivity contribution in [1.82, 2.24) is 15.3 Å². The minimum absolute atomic E-state index is 0.0522. The second kappa shape index (κ2) is 11.8. The summed E-state index contributed by atoms with van der Waals surface area (Å²) in [5.41, 5.74) is 2.88. The number of aromatic nitrogens is 2. The normalized spacial score (nSPS) is 11.2. The summed E-state index contributed by atoms with van der Waals surface area (Å²) in [5.74, 6) is -1.11. The second-order valence-corrected chi connectivity index (χ2v) is 7.68. The predicted octanol–water partition coefficient (Wildman–Crippen LogP) is 4.78. The van der Waals surface area contributed by atoms with E-state index in [1.165, 1.54) is 6.08 Å². The molecule has 4 aromatic rings. The van der Waals surface area contributed by atoms with Gasteiger partial charge in [0, 0.05) is 41.6 Å². The summed E-state index contributed by atoms with van der Waals surface area (Å²) in [6.45, 7) is 0. The molecule has 2 amide bonds. The third-order valence-corrected chi connectivity index (χ3v) is 5.06. The fourth-order valence-electron chi connectivity index (χ4n) is 3.23. The van der Waals surface area contributed by atoms with E-state index < -0.39 is 11.8 Å². The first kappa shape index (κ1) is 24.0. The molecule has 7 nitrogen and oxygen atoms in total. The monoisotopic (exact) mass is 474 g/mol. The van der Waals surface area contributed by atoms with E-state index in [-0.39, 0.29) is 11.5 Å². The Morgan fingerprint density at radius 2 is 1.36 bits per heavy atom. The zero-order valence-corrected chi connectivity index (χ0v) is 19.2. The van der Waals surface area contributed by atoms with Gasteiger partial charge in [-0.15, -0.1) is 0 Å². The fourth-order valence-corrected chi connectivity index (χ4v) is 3.23. The number of carbonyl (C=O) groups is 3. The molecule has 0 atom stereocenters. The highest BCUT2D eigenvalue weighted by Gasteiger charge is 2.15. The number of allylic oxidation sites excluding steroid dienone is 1. The van der Waals surface area contributed by atoms with Gasteiger partial charge in [-0.1, -0.05) is 30.3 Å². The van der Waals surface area contributed by atoms with Crippen LogP contribution in [0.2, 0.25) is 0 Å². The van der Waals surface area contributed by atoms with E-state index in [0.29, 0.717) is 22.4 Å². The number of pyridine rings is 2. The molecule has 0 fully saturated rings.